The second-order valence-electron chi connectivity index (χ2n) is 16.9. The van der Waals surface area contributed by atoms with E-state index in [1.165, 1.54) is 114 Å². The normalized spacial score (nSPS) is 14.7. The molecule has 0 amide bonds. The third-order valence-corrected chi connectivity index (χ3v) is 14.5. The molecule has 0 N–H and O–H groups in total. The van der Waals surface area contributed by atoms with Gasteiger partial charge in [0.05, 0.1) is 11.0 Å². The SMILES string of the molecule is CC1(C)c2ccccc2-c2ccc(-c3ccc4c(c3)c3ccccc3n4-c3ccc(-c4cccc5c4sc4c6c(ccc45)C(C)(C)c4ccccc4-6)cc3)cc21. The highest BCUT2D eigenvalue weighted by molar-refractivity contribution is 7.27. The first kappa shape index (κ1) is 32.1. The Morgan fingerprint density at radius 3 is 1.80 bits per heavy atom. The molecule has 2 aliphatic carbocycles. The maximum atomic E-state index is 2.43. The predicted molar refractivity (Wildman–Crippen MR) is 240 cm³/mol. The summed E-state index contributed by atoms with van der Waals surface area (Å²) in [6, 6.07) is 61.6. The topological polar surface area (TPSA) is 4.93 Å². The lowest BCUT2D eigenvalue weighted by atomic mass is 9.81. The van der Waals surface area contributed by atoms with Crippen molar-refractivity contribution in [2.45, 2.75) is 38.5 Å². The van der Waals surface area contributed by atoms with Crippen molar-refractivity contribution in [3.8, 4) is 50.2 Å². The molecule has 0 radical (unpaired) electrons. The van der Waals surface area contributed by atoms with Gasteiger partial charge in [0.2, 0.25) is 0 Å². The Kier molecular flexibility index (Phi) is 6.40. The van der Waals surface area contributed by atoms with Gasteiger partial charge in [0.15, 0.2) is 0 Å². The fourth-order valence-electron chi connectivity index (χ4n) is 10.4. The number of benzene rings is 8. The van der Waals surface area contributed by atoms with Gasteiger partial charge in [-0.05, 0) is 97.6 Å². The molecule has 1 nitrogen and oxygen atoms in total. The summed E-state index contributed by atoms with van der Waals surface area (Å²) in [6.07, 6.45) is 0. The molecule has 0 spiro atoms. The molecule has 0 saturated carbocycles. The third kappa shape index (κ3) is 4.20. The van der Waals surface area contributed by atoms with Gasteiger partial charge in [-0.25, -0.2) is 0 Å². The molecule has 8 aromatic carbocycles. The smallest absolute Gasteiger partial charge is 0.0541 e. The van der Waals surface area contributed by atoms with Crippen molar-refractivity contribution < 1.29 is 0 Å². The molecule has 0 aliphatic heterocycles. The molecule has 0 fully saturated rings. The molecule has 0 atom stereocenters. The largest absolute Gasteiger partial charge is 0.309 e. The molecule has 0 unspecified atom stereocenters. The van der Waals surface area contributed by atoms with Gasteiger partial charge in [0, 0.05) is 53.0 Å². The molecule has 2 aliphatic rings. The van der Waals surface area contributed by atoms with Gasteiger partial charge >= 0.3 is 0 Å². The first-order valence-electron chi connectivity index (χ1n) is 19.8. The van der Waals surface area contributed by atoms with Gasteiger partial charge in [0.1, 0.15) is 0 Å². The fraction of sp³-hybridized carbons (Fsp3) is 0.111. The minimum absolute atomic E-state index is 0.00463. The van der Waals surface area contributed by atoms with E-state index in [0.717, 1.165) is 0 Å². The Hall–Kier alpha value is -6.22. The average molecular weight is 734 g/mol. The predicted octanol–water partition coefficient (Wildman–Crippen LogP) is 15.1. The molecule has 56 heavy (non-hydrogen) atoms. The van der Waals surface area contributed by atoms with Crippen LogP contribution in [0.5, 0.6) is 0 Å². The van der Waals surface area contributed by atoms with Crippen LogP contribution < -0.4 is 0 Å². The Morgan fingerprint density at radius 1 is 0.375 bits per heavy atom. The van der Waals surface area contributed by atoms with Gasteiger partial charge < -0.3 is 4.57 Å². The number of para-hydroxylation sites is 1. The van der Waals surface area contributed by atoms with E-state index in [2.05, 4.69) is 196 Å². The van der Waals surface area contributed by atoms with Crippen LogP contribution in [0.25, 0.3) is 92.2 Å². The van der Waals surface area contributed by atoms with E-state index in [4.69, 9.17) is 0 Å². The molecular weight excluding hydrogens is 695 g/mol. The maximum absolute atomic E-state index is 2.43. The summed E-state index contributed by atoms with van der Waals surface area (Å²) in [4.78, 5) is 0. The Bertz CT molecular complexity index is 3290. The molecule has 12 rings (SSSR count). The lowest BCUT2D eigenvalue weighted by Gasteiger charge is -2.22. The highest BCUT2D eigenvalue weighted by Crippen LogP contribution is 2.55. The first-order valence-corrected chi connectivity index (χ1v) is 20.6. The number of nitrogens with zero attached hydrogens (tertiary/aromatic N) is 1. The van der Waals surface area contributed by atoms with Crippen LogP contribution in [0.4, 0.5) is 0 Å². The van der Waals surface area contributed by atoms with Gasteiger partial charge in [-0.15, -0.1) is 11.3 Å². The molecule has 0 saturated heterocycles. The lowest BCUT2D eigenvalue weighted by Crippen LogP contribution is -2.14. The van der Waals surface area contributed by atoms with Crippen molar-refractivity contribution in [1.82, 2.24) is 4.57 Å². The van der Waals surface area contributed by atoms with Crippen molar-refractivity contribution in [1.29, 1.82) is 0 Å². The van der Waals surface area contributed by atoms with Crippen molar-refractivity contribution in [3.63, 3.8) is 0 Å². The van der Waals surface area contributed by atoms with Crippen molar-refractivity contribution in [2.75, 3.05) is 0 Å². The van der Waals surface area contributed by atoms with Crippen LogP contribution in [-0.4, -0.2) is 4.57 Å². The Morgan fingerprint density at radius 2 is 0.964 bits per heavy atom. The van der Waals surface area contributed by atoms with Crippen LogP contribution in [0.15, 0.2) is 164 Å². The van der Waals surface area contributed by atoms with Gasteiger partial charge in [0.25, 0.3) is 0 Å². The summed E-state index contributed by atoms with van der Waals surface area (Å²) in [7, 11) is 0. The highest BCUT2D eigenvalue weighted by atomic mass is 32.1. The van der Waals surface area contributed by atoms with Crippen LogP contribution in [0.2, 0.25) is 0 Å². The zero-order valence-corrected chi connectivity index (χ0v) is 32.8. The number of hydrogen-bond donors (Lipinski definition) is 0. The van der Waals surface area contributed by atoms with Crippen LogP contribution in [-0.2, 0) is 10.8 Å². The van der Waals surface area contributed by atoms with E-state index in [0.29, 0.717) is 0 Å². The van der Waals surface area contributed by atoms with Gasteiger partial charge in [-0.1, -0.05) is 155 Å². The minimum atomic E-state index is -0.0276. The average Bonchev–Trinajstić information content (AvgIpc) is 3.92. The van der Waals surface area contributed by atoms with E-state index in [9.17, 15) is 0 Å². The van der Waals surface area contributed by atoms with E-state index in [1.54, 1.807) is 0 Å². The van der Waals surface area contributed by atoms with Gasteiger partial charge in [-0.3, -0.25) is 0 Å². The standard InChI is InChI=1S/C54H39NS/c1-53(2)45-18-9-6-14-42(45)50-46(53)28-27-41-40-16-11-15-36(51(40)56-52(41)50)32-20-24-35(25-21-32)55-48-19-10-7-13-39(48)43-30-33(23-29-49(43)55)34-22-26-38-37-12-5-8-17-44(37)54(3,4)47(38)31-34/h5-31H,1-4H3. The number of aromatic nitrogens is 1. The summed E-state index contributed by atoms with van der Waals surface area (Å²) >= 11 is 1.96. The van der Waals surface area contributed by atoms with E-state index in [1.807, 2.05) is 11.3 Å². The number of thiophene rings is 1. The van der Waals surface area contributed by atoms with Crippen LogP contribution >= 0.6 is 11.3 Å². The molecular formula is C54H39NS. The molecule has 2 heteroatoms. The first-order chi connectivity index (χ1) is 27.3. The number of hydrogen-bond acceptors (Lipinski definition) is 1. The fourth-order valence-corrected chi connectivity index (χ4v) is 11.8. The molecule has 2 heterocycles. The van der Waals surface area contributed by atoms with E-state index < -0.39 is 0 Å². The molecule has 266 valence electrons. The maximum Gasteiger partial charge on any atom is 0.0541 e. The minimum Gasteiger partial charge on any atom is -0.309 e. The van der Waals surface area contributed by atoms with Crippen molar-refractivity contribution in [2.24, 2.45) is 0 Å². The zero-order valence-electron chi connectivity index (χ0n) is 31.9. The summed E-state index contributed by atoms with van der Waals surface area (Å²) in [5.41, 5.74) is 19.8. The Labute approximate surface area is 331 Å². The highest BCUT2D eigenvalue weighted by Gasteiger charge is 2.37. The lowest BCUT2D eigenvalue weighted by molar-refractivity contribution is 0.660. The molecule has 2 aromatic heterocycles. The van der Waals surface area contributed by atoms with Crippen molar-refractivity contribution in [3.05, 3.63) is 186 Å². The Balaban J connectivity index is 0.958. The summed E-state index contributed by atoms with van der Waals surface area (Å²) in [5.74, 6) is 0. The quantitative estimate of drug-likeness (QED) is 0.170. The van der Waals surface area contributed by atoms with E-state index in [-0.39, 0.29) is 10.8 Å². The second kappa shape index (κ2) is 11.2. The van der Waals surface area contributed by atoms with Crippen LogP contribution in [0.1, 0.15) is 49.9 Å². The van der Waals surface area contributed by atoms with Crippen molar-refractivity contribution >= 4 is 53.3 Å². The second-order valence-corrected chi connectivity index (χ2v) is 17.9. The van der Waals surface area contributed by atoms with E-state index >= 15 is 0 Å². The number of fused-ring (bicyclic) bond motifs is 13. The third-order valence-electron chi connectivity index (χ3n) is 13.2. The molecule has 10 aromatic rings. The summed E-state index contributed by atoms with van der Waals surface area (Å²) < 4.78 is 5.19. The summed E-state index contributed by atoms with van der Waals surface area (Å²) in [6.45, 7) is 9.46. The summed E-state index contributed by atoms with van der Waals surface area (Å²) in [5, 5.41) is 5.24. The van der Waals surface area contributed by atoms with Crippen LogP contribution in [0.3, 0.4) is 0 Å². The van der Waals surface area contributed by atoms with Gasteiger partial charge in [-0.2, -0.15) is 0 Å². The molecule has 0 bridgehead atoms. The van der Waals surface area contributed by atoms with Crippen LogP contribution in [0, 0.1) is 0 Å². The number of rotatable bonds is 3. The monoisotopic (exact) mass is 733 g/mol. The zero-order chi connectivity index (χ0) is 37.5.